The van der Waals surface area contributed by atoms with E-state index < -0.39 is 0 Å². The van der Waals surface area contributed by atoms with Crippen LogP contribution in [0.1, 0.15) is 28.4 Å². The Morgan fingerprint density at radius 3 is 2.32 bits per heavy atom. The second-order valence-corrected chi connectivity index (χ2v) is 4.07. The summed E-state index contributed by atoms with van der Waals surface area (Å²) in [5.41, 5.74) is 1.61. The number of aromatic nitrogens is 2. The van der Waals surface area contributed by atoms with E-state index in [1.165, 1.54) is 0 Å². The molecule has 0 saturated heterocycles. The van der Waals surface area contributed by atoms with E-state index in [1.807, 2.05) is 12.1 Å². The summed E-state index contributed by atoms with van der Waals surface area (Å²) in [4.78, 5) is 20.0. The summed E-state index contributed by atoms with van der Waals surface area (Å²) in [6, 6.07) is 7.06. The number of amides is 1. The topological polar surface area (TPSA) is 54.9 Å². The van der Waals surface area contributed by atoms with E-state index >= 15 is 0 Å². The van der Waals surface area contributed by atoms with Gasteiger partial charge in [0.2, 0.25) is 0 Å². The Bertz CT molecular complexity index is 540. The summed E-state index contributed by atoms with van der Waals surface area (Å²) in [7, 11) is 0. The molecule has 0 unspecified atom stereocenters. The maximum absolute atomic E-state index is 12.1. The Morgan fingerprint density at radius 1 is 1.16 bits per heavy atom. The van der Waals surface area contributed by atoms with Gasteiger partial charge in [0.1, 0.15) is 0 Å². The summed E-state index contributed by atoms with van der Waals surface area (Å²) in [5.74, 6) is -0.119. The van der Waals surface area contributed by atoms with Crippen LogP contribution in [-0.4, -0.2) is 15.9 Å². The first-order valence-electron chi connectivity index (χ1n) is 6.03. The fourth-order valence-corrected chi connectivity index (χ4v) is 1.79. The van der Waals surface area contributed by atoms with Crippen LogP contribution >= 0.6 is 0 Å². The smallest absolute Gasteiger partial charge is 0.251 e. The maximum Gasteiger partial charge on any atom is 0.251 e. The SMILES string of the molecule is C=CC[C@H](NC(=O)c1ccncc1)c1ccncc1. The molecule has 0 fully saturated rings. The molecular formula is C15H15N3O. The van der Waals surface area contributed by atoms with Gasteiger partial charge in [0.05, 0.1) is 6.04 Å². The molecule has 1 atom stereocenters. The molecule has 4 heteroatoms. The number of nitrogens with one attached hydrogen (secondary N) is 1. The van der Waals surface area contributed by atoms with Crippen molar-refractivity contribution in [3.05, 3.63) is 72.8 Å². The van der Waals surface area contributed by atoms with Crippen molar-refractivity contribution < 1.29 is 4.79 Å². The van der Waals surface area contributed by atoms with Crippen LogP contribution in [0.4, 0.5) is 0 Å². The molecule has 0 aliphatic heterocycles. The third-order valence-electron chi connectivity index (χ3n) is 2.76. The zero-order valence-electron chi connectivity index (χ0n) is 10.5. The normalized spacial score (nSPS) is 11.6. The largest absolute Gasteiger partial charge is 0.345 e. The predicted octanol–water partition coefficient (Wildman–Crippen LogP) is 2.52. The number of nitrogens with zero attached hydrogens (tertiary/aromatic N) is 2. The molecule has 1 N–H and O–H groups in total. The third kappa shape index (κ3) is 3.48. The van der Waals surface area contributed by atoms with Crippen molar-refractivity contribution in [1.29, 1.82) is 0 Å². The summed E-state index contributed by atoms with van der Waals surface area (Å²) < 4.78 is 0. The second-order valence-electron chi connectivity index (χ2n) is 4.07. The summed E-state index contributed by atoms with van der Waals surface area (Å²) in [5, 5.41) is 2.98. The molecule has 2 aromatic rings. The zero-order chi connectivity index (χ0) is 13.5. The summed E-state index contributed by atoms with van der Waals surface area (Å²) >= 11 is 0. The molecule has 0 aliphatic carbocycles. The Labute approximate surface area is 112 Å². The van der Waals surface area contributed by atoms with Crippen molar-refractivity contribution in [2.24, 2.45) is 0 Å². The van der Waals surface area contributed by atoms with Gasteiger partial charge in [-0.25, -0.2) is 0 Å². The Morgan fingerprint density at radius 2 is 1.74 bits per heavy atom. The molecule has 1 amide bonds. The molecule has 0 bridgehead atoms. The summed E-state index contributed by atoms with van der Waals surface area (Å²) in [6.45, 7) is 3.73. The number of carbonyl (C=O) groups is 1. The van der Waals surface area contributed by atoms with E-state index in [0.29, 0.717) is 12.0 Å². The van der Waals surface area contributed by atoms with Gasteiger partial charge in [-0.15, -0.1) is 6.58 Å². The number of pyridine rings is 2. The van der Waals surface area contributed by atoms with Gasteiger partial charge in [-0.1, -0.05) is 6.08 Å². The predicted molar refractivity (Wildman–Crippen MR) is 73.5 cm³/mol. The van der Waals surface area contributed by atoms with Crippen LogP contribution in [0, 0.1) is 0 Å². The van der Waals surface area contributed by atoms with E-state index in [4.69, 9.17) is 0 Å². The van der Waals surface area contributed by atoms with E-state index in [0.717, 1.165) is 5.56 Å². The molecule has 19 heavy (non-hydrogen) atoms. The Hall–Kier alpha value is -2.49. The maximum atomic E-state index is 12.1. The monoisotopic (exact) mass is 253 g/mol. The number of carbonyl (C=O) groups excluding carboxylic acids is 1. The lowest BCUT2D eigenvalue weighted by molar-refractivity contribution is 0.0937. The van der Waals surface area contributed by atoms with Gasteiger partial charge < -0.3 is 5.32 Å². The molecule has 0 saturated carbocycles. The minimum atomic E-state index is -0.119. The number of hydrogen-bond donors (Lipinski definition) is 1. The highest BCUT2D eigenvalue weighted by atomic mass is 16.1. The zero-order valence-corrected chi connectivity index (χ0v) is 10.5. The first-order valence-corrected chi connectivity index (χ1v) is 6.03. The van der Waals surface area contributed by atoms with Gasteiger partial charge in [-0.05, 0) is 36.2 Å². The molecular weight excluding hydrogens is 238 g/mol. The fourth-order valence-electron chi connectivity index (χ4n) is 1.79. The average Bonchev–Trinajstić information content (AvgIpc) is 2.48. The van der Waals surface area contributed by atoms with Gasteiger partial charge in [-0.2, -0.15) is 0 Å². The Balaban J connectivity index is 2.14. The van der Waals surface area contributed by atoms with Crippen molar-refractivity contribution in [2.75, 3.05) is 0 Å². The average molecular weight is 253 g/mol. The van der Waals surface area contributed by atoms with Crippen molar-refractivity contribution in [3.8, 4) is 0 Å². The number of hydrogen-bond acceptors (Lipinski definition) is 3. The second kappa shape index (κ2) is 6.44. The van der Waals surface area contributed by atoms with Crippen molar-refractivity contribution in [2.45, 2.75) is 12.5 Å². The molecule has 96 valence electrons. The van der Waals surface area contributed by atoms with Crippen LogP contribution in [0.15, 0.2) is 61.7 Å². The van der Waals surface area contributed by atoms with E-state index in [-0.39, 0.29) is 11.9 Å². The quantitative estimate of drug-likeness (QED) is 0.833. The molecule has 4 nitrogen and oxygen atoms in total. The van der Waals surface area contributed by atoms with Crippen LogP contribution in [0.25, 0.3) is 0 Å². The van der Waals surface area contributed by atoms with E-state index in [1.54, 1.807) is 43.0 Å². The third-order valence-corrected chi connectivity index (χ3v) is 2.76. The standard InChI is InChI=1S/C15H15N3O/c1-2-3-14(12-4-8-16-9-5-12)18-15(19)13-6-10-17-11-7-13/h2,4-11,14H,1,3H2,(H,18,19)/t14-/m0/s1. The van der Waals surface area contributed by atoms with Gasteiger partial charge in [-0.3, -0.25) is 14.8 Å². The number of rotatable bonds is 5. The van der Waals surface area contributed by atoms with Crippen LogP contribution in [-0.2, 0) is 0 Å². The minimum absolute atomic E-state index is 0.0961. The molecule has 0 radical (unpaired) electrons. The Kier molecular flexibility index (Phi) is 4.39. The van der Waals surface area contributed by atoms with Crippen LogP contribution < -0.4 is 5.32 Å². The lowest BCUT2D eigenvalue weighted by Crippen LogP contribution is -2.28. The van der Waals surface area contributed by atoms with Crippen LogP contribution in [0.3, 0.4) is 0 Å². The van der Waals surface area contributed by atoms with Crippen molar-refractivity contribution >= 4 is 5.91 Å². The van der Waals surface area contributed by atoms with Crippen LogP contribution in [0.2, 0.25) is 0 Å². The van der Waals surface area contributed by atoms with E-state index in [2.05, 4.69) is 21.9 Å². The highest BCUT2D eigenvalue weighted by Crippen LogP contribution is 2.16. The lowest BCUT2D eigenvalue weighted by atomic mass is 10.0. The first-order chi connectivity index (χ1) is 9.31. The van der Waals surface area contributed by atoms with Gasteiger partial charge in [0, 0.05) is 30.4 Å². The van der Waals surface area contributed by atoms with Gasteiger partial charge in [0.15, 0.2) is 0 Å². The molecule has 2 rings (SSSR count). The molecule has 0 spiro atoms. The highest BCUT2D eigenvalue weighted by molar-refractivity contribution is 5.94. The molecule has 2 aromatic heterocycles. The van der Waals surface area contributed by atoms with Crippen LogP contribution in [0.5, 0.6) is 0 Å². The molecule has 0 aromatic carbocycles. The lowest BCUT2D eigenvalue weighted by Gasteiger charge is -2.17. The van der Waals surface area contributed by atoms with Gasteiger partial charge in [0.25, 0.3) is 5.91 Å². The van der Waals surface area contributed by atoms with Gasteiger partial charge >= 0.3 is 0 Å². The van der Waals surface area contributed by atoms with Crippen molar-refractivity contribution in [1.82, 2.24) is 15.3 Å². The summed E-state index contributed by atoms with van der Waals surface area (Å²) in [6.07, 6.45) is 9.08. The van der Waals surface area contributed by atoms with E-state index in [9.17, 15) is 4.79 Å². The molecule has 2 heterocycles. The first kappa shape index (κ1) is 13.0. The minimum Gasteiger partial charge on any atom is -0.345 e. The highest BCUT2D eigenvalue weighted by Gasteiger charge is 2.14. The fraction of sp³-hybridized carbons (Fsp3) is 0.133. The molecule has 0 aliphatic rings. The van der Waals surface area contributed by atoms with Crippen molar-refractivity contribution in [3.63, 3.8) is 0 Å².